The number of benzene rings is 3. The number of ether oxygens (including phenoxy) is 3. The highest BCUT2D eigenvalue weighted by atomic mass is 19.1. The number of aryl methyl sites for hydroxylation is 1. The molecule has 1 N–H and O–H groups in total. The van der Waals surface area contributed by atoms with Crippen LogP contribution in [0.3, 0.4) is 0 Å². The van der Waals surface area contributed by atoms with Crippen molar-refractivity contribution in [2.24, 2.45) is 5.92 Å². The highest BCUT2D eigenvalue weighted by Gasteiger charge is 2.14. The van der Waals surface area contributed by atoms with E-state index < -0.39 is 5.97 Å². The molecule has 0 bridgehead atoms. The van der Waals surface area contributed by atoms with Crippen molar-refractivity contribution in [1.82, 2.24) is 0 Å². The van der Waals surface area contributed by atoms with Gasteiger partial charge in [0.25, 0.3) is 0 Å². The van der Waals surface area contributed by atoms with Crippen LogP contribution < -0.4 is 9.47 Å². The Morgan fingerprint density at radius 1 is 0.974 bits per heavy atom. The van der Waals surface area contributed by atoms with Gasteiger partial charge in [0.15, 0.2) is 0 Å². The van der Waals surface area contributed by atoms with E-state index in [2.05, 4.69) is 6.92 Å². The minimum Gasteiger partial charge on any atom is -0.497 e. The lowest BCUT2D eigenvalue weighted by Crippen LogP contribution is -2.02. The summed E-state index contributed by atoms with van der Waals surface area (Å²) >= 11 is 0. The average molecular weight is 535 g/mol. The molecule has 1 saturated carbocycles. The number of carbonyl (C=O) groups is 1. The van der Waals surface area contributed by atoms with Gasteiger partial charge in [0.1, 0.15) is 23.9 Å². The Hall–Kier alpha value is -3.64. The summed E-state index contributed by atoms with van der Waals surface area (Å²) in [6.07, 6.45) is 5.48. The Morgan fingerprint density at radius 3 is 2.41 bits per heavy atom. The summed E-state index contributed by atoms with van der Waals surface area (Å²) in [6.45, 7) is 7.38. The second kappa shape index (κ2) is 15.1. The molecule has 1 aliphatic rings. The summed E-state index contributed by atoms with van der Waals surface area (Å²) in [6, 6.07) is 17.8. The molecule has 0 saturated heterocycles. The zero-order valence-corrected chi connectivity index (χ0v) is 23.3. The number of allylic oxidation sites excluding steroid dienone is 1. The van der Waals surface area contributed by atoms with Crippen molar-refractivity contribution >= 4 is 5.97 Å². The van der Waals surface area contributed by atoms with E-state index >= 15 is 0 Å². The topological polar surface area (TPSA) is 65.0 Å². The van der Waals surface area contributed by atoms with E-state index in [-0.39, 0.29) is 12.2 Å². The molecular weight excluding hydrogens is 495 g/mol. The van der Waals surface area contributed by atoms with Gasteiger partial charge in [0, 0.05) is 12.0 Å². The second-order valence-corrected chi connectivity index (χ2v) is 10.1. The van der Waals surface area contributed by atoms with Crippen molar-refractivity contribution in [2.75, 3.05) is 13.7 Å². The maximum atomic E-state index is 14.7. The van der Waals surface area contributed by atoms with Crippen LogP contribution in [0.25, 0.3) is 11.1 Å². The molecule has 0 unspecified atom stereocenters. The molecule has 5 nitrogen and oxygen atoms in total. The first-order valence-corrected chi connectivity index (χ1v) is 13.4. The van der Waals surface area contributed by atoms with E-state index in [1.165, 1.54) is 18.9 Å². The molecule has 0 aliphatic heterocycles. The second-order valence-electron chi connectivity index (χ2n) is 10.1. The van der Waals surface area contributed by atoms with E-state index in [9.17, 15) is 9.18 Å². The van der Waals surface area contributed by atoms with Gasteiger partial charge in [-0.25, -0.2) is 4.39 Å². The molecule has 1 fully saturated rings. The standard InChI is InChI=1S/C29H31FO5.C4H8/c1-20(2)13-14-34-19-23-15-22(7-10-26(23)27-17-24(33-3)9-11-28(27)30)18-35-25-6-4-5-21(16-25)8-12-29(31)32;1-4-2-3-4/h4-7,9-11,13,15-17H,8,12,14,18-19H2,1-3H3,(H,31,32);4H,2-3H2,1H3. The third kappa shape index (κ3) is 10.6. The molecule has 0 radical (unpaired) electrons. The largest absolute Gasteiger partial charge is 0.497 e. The number of halogens is 1. The van der Waals surface area contributed by atoms with Crippen LogP contribution in [0.5, 0.6) is 11.5 Å². The van der Waals surface area contributed by atoms with Gasteiger partial charge in [0.05, 0.1) is 20.3 Å². The van der Waals surface area contributed by atoms with Gasteiger partial charge in [-0.05, 0) is 84.8 Å². The number of methoxy groups -OCH3 is 1. The van der Waals surface area contributed by atoms with Crippen molar-refractivity contribution in [1.29, 1.82) is 0 Å². The molecule has 3 aromatic carbocycles. The van der Waals surface area contributed by atoms with Crippen LogP contribution in [-0.2, 0) is 29.2 Å². The number of hydrogen-bond acceptors (Lipinski definition) is 4. The lowest BCUT2D eigenvalue weighted by Gasteiger charge is -2.15. The van der Waals surface area contributed by atoms with Crippen molar-refractivity contribution in [2.45, 2.75) is 59.7 Å². The first-order valence-electron chi connectivity index (χ1n) is 13.4. The number of carboxylic acid groups (broad SMARTS) is 1. The van der Waals surface area contributed by atoms with Gasteiger partial charge >= 0.3 is 5.97 Å². The van der Waals surface area contributed by atoms with Gasteiger partial charge in [-0.3, -0.25) is 4.79 Å². The van der Waals surface area contributed by atoms with Gasteiger partial charge in [-0.1, -0.05) is 55.7 Å². The summed E-state index contributed by atoms with van der Waals surface area (Å²) < 4.78 is 31.8. The minimum atomic E-state index is -0.830. The average Bonchev–Trinajstić information content (AvgIpc) is 3.71. The number of aliphatic carboxylic acids is 1. The zero-order valence-electron chi connectivity index (χ0n) is 23.3. The Kier molecular flexibility index (Phi) is 11.6. The smallest absolute Gasteiger partial charge is 0.303 e. The van der Waals surface area contributed by atoms with Crippen molar-refractivity contribution in [3.05, 3.63) is 94.8 Å². The summed E-state index contributed by atoms with van der Waals surface area (Å²) in [4.78, 5) is 10.8. The SMILES string of the molecule is CC1CC1.COc1ccc(F)c(-c2ccc(COc3cccc(CCC(=O)O)c3)cc2COCC=C(C)C)c1. The Labute approximate surface area is 231 Å². The predicted octanol–water partition coefficient (Wildman–Crippen LogP) is 8.00. The van der Waals surface area contributed by atoms with Crippen molar-refractivity contribution < 1.29 is 28.5 Å². The molecule has 1 aliphatic carbocycles. The molecule has 0 aromatic heterocycles. The van der Waals surface area contributed by atoms with E-state index in [0.717, 1.165) is 33.7 Å². The molecule has 6 heteroatoms. The lowest BCUT2D eigenvalue weighted by atomic mass is 9.97. The minimum absolute atomic E-state index is 0.0713. The highest BCUT2D eigenvalue weighted by Crippen LogP contribution is 2.31. The fraction of sp³-hybridized carbons (Fsp3) is 0.364. The quantitative estimate of drug-likeness (QED) is 0.188. The molecule has 0 heterocycles. The predicted molar refractivity (Wildman–Crippen MR) is 153 cm³/mol. The maximum Gasteiger partial charge on any atom is 0.303 e. The molecular formula is C33H39FO5. The Bertz CT molecular complexity index is 1260. The summed E-state index contributed by atoms with van der Waals surface area (Å²) in [7, 11) is 1.55. The molecule has 0 atom stereocenters. The molecule has 4 rings (SSSR count). The van der Waals surface area contributed by atoms with Crippen LogP contribution in [0, 0.1) is 11.7 Å². The fourth-order valence-electron chi connectivity index (χ4n) is 3.73. The zero-order chi connectivity index (χ0) is 28.2. The van der Waals surface area contributed by atoms with Crippen LogP contribution in [0.4, 0.5) is 4.39 Å². The van der Waals surface area contributed by atoms with Crippen molar-refractivity contribution in [3.8, 4) is 22.6 Å². The van der Waals surface area contributed by atoms with Gasteiger partial charge in [-0.15, -0.1) is 0 Å². The number of hydrogen-bond donors (Lipinski definition) is 1. The summed E-state index contributed by atoms with van der Waals surface area (Å²) in [5.41, 5.74) is 5.00. The third-order valence-electron chi connectivity index (χ3n) is 6.30. The molecule has 0 amide bonds. The van der Waals surface area contributed by atoms with Crippen LogP contribution in [-0.4, -0.2) is 24.8 Å². The maximum absolute atomic E-state index is 14.7. The summed E-state index contributed by atoms with van der Waals surface area (Å²) in [5, 5.41) is 8.90. The van der Waals surface area contributed by atoms with E-state index in [1.54, 1.807) is 19.2 Å². The van der Waals surface area contributed by atoms with Crippen LogP contribution in [0.2, 0.25) is 0 Å². The van der Waals surface area contributed by atoms with Gasteiger partial charge in [-0.2, -0.15) is 0 Å². The highest BCUT2D eigenvalue weighted by molar-refractivity contribution is 5.70. The normalized spacial score (nSPS) is 12.2. The first-order chi connectivity index (χ1) is 18.7. The lowest BCUT2D eigenvalue weighted by molar-refractivity contribution is -0.136. The van der Waals surface area contributed by atoms with E-state index in [4.69, 9.17) is 19.3 Å². The number of rotatable bonds is 12. The molecule has 0 spiro atoms. The van der Waals surface area contributed by atoms with E-state index in [0.29, 0.717) is 43.3 Å². The fourth-order valence-corrected chi connectivity index (χ4v) is 3.73. The molecule has 3 aromatic rings. The van der Waals surface area contributed by atoms with Crippen LogP contribution in [0.15, 0.2) is 72.3 Å². The Balaban J connectivity index is 0.000000960. The van der Waals surface area contributed by atoms with Gasteiger partial charge in [0.2, 0.25) is 0 Å². The van der Waals surface area contributed by atoms with Crippen molar-refractivity contribution in [3.63, 3.8) is 0 Å². The van der Waals surface area contributed by atoms with Crippen LogP contribution in [0.1, 0.15) is 56.7 Å². The molecule has 208 valence electrons. The van der Waals surface area contributed by atoms with E-state index in [1.807, 2.05) is 62.4 Å². The molecule has 39 heavy (non-hydrogen) atoms. The monoisotopic (exact) mass is 534 g/mol. The van der Waals surface area contributed by atoms with Gasteiger partial charge < -0.3 is 19.3 Å². The first kappa shape index (κ1) is 29.9. The number of carboxylic acids is 1. The summed E-state index contributed by atoms with van der Waals surface area (Å²) in [5.74, 6) is 1.16. The Morgan fingerprint density at radius 2 is 1.74 bits per heavy atom. The third-order valence-corrected chi connectivity index (χ3v) is 6.30. The van der Waals surface area contributed by atoms with Crippen LogP contribution >= 0.6 is 0 Å².